The maximum Gasteiger partial charge on any atom is 0.333 e. The van der Waals surface area contributed by atoms with Crippen LogP contribution >= 0.6 is 0 Å². The lowest BCUT2D eigenvalue weighted by Gasteiger charge is -2.26. The number of carboxylic acids is 1. The van der Waals surface area contributed by atoms with Gasteiger partial charge in [0.05, 0.1) is 6.20 Å². The summed E-state index contributed by atoms with van der Waals surface area (Å²) in [4.78, 5) is 23.7. The van der Waals surface area contributed by atoms with Crippen LogP contribution in [-0.2, 0) is 10.3 Å². The second kappa shape index (κ2) is 5.16. The van der Waals surface area contributed by atoms with Gasteiger partial charge in [-0.3, -0.25) is 4.79 Å². The van der Waals surface area contributed by atoms with E-state index in [9.17, 15) is 14.7 Å². The van der Waals surface area contributed by atoms with E-state index in [1.54, 1.807) is 37.3 Å². The highest BCUT2D eigenvalue weighted by Crippen LogP contribution is 2.22. The number of carboxylic acid groups (broad SMARTS) is 1. The molecule has 2 aromatic rings. The predicted octanol–water partition coefficient (Wildman–Crippen LogP) is 1.71. The third-order valence-corrected chi connectivity index (χ3v) is 3.14. The number of aryl methyl sites for hydroxylation is 1. The monoisotopic (exact) mass is 274 g/mol. The summed E-state index contributed by atoms with van der Waals surface area (Å²) in [5, 5.41) is 15.5. The molecular formula is C14H14N2O4. The first-order chi connectivity index (χ1) is 9.45. The number of amides is 1. The Bertz CT molecular complexity index is 636. The molecule has 0 fully saturated rings. The first-order valence-electron chi connectivity index (χ1n) is 5.98. The largest absolute Gasteiger partial charge is 0.479 e. The summed E-state index contributed by atoms with van der Waals surface area (Å²) in [6.07, 6.45) is 1.26. The molecule has 6 heteroatoms. The first kappa shape index (κ1) is 13.8. The van der Waals surface area contributed by atoms with Crippen LogP contribution in [0.25, 0.3) is 0 Å². The molecule has 0 spiro atoms. The summed E-state index contributed by atoms with van der Waals surface area (Å²) in [6.45, 7) is 3.02. The number of hydrogen-bond acceptors (Lipinski definition) is 4. The molecule has 1 heterocycles. The Morgan fingerprint density at radius 1 is 1.30 bits per heavy atom. The van der Waals surface area contributed by atoms with Gasteiger partial charge in [0.25, 0.3) is 5.91 Å². The quantitative estimate of drug-likeness (QED) is 0.885. The molecule has 1 aromatic heterocycles. The third kappa shape index (κ3) is 2.40. The molecule has 6 nitrogen and oxygen atoms in total. The first-order valence-corrected chi connectivity index (χ1v) is 5.98. The Labute approximate surface area is 115 Å². The van der Waals surface area contributed by atoms with E-state index in [2.05, 4.69) is 10.5 Å². The van der Waals surface area contributed by atoms with Gasteiger partial charge in [-0.15, -0.1) is 0 Å². The van der Waals surface area contributed by atoms with Gasteiger partial charge in [0.1, 0.15) is 11.3 Å². The van der Waals surface area contributed by atoms with Crippen LogP contribution in [0.2, 0.25) is 0 Å². The molecular weight excluding hydrogens is 260 g/mol. The lowest BCUT2D eigenvalue weighted by atomic mass is 9.91. The number of rotatable bonds is 4. The summed E-state index contributed by atoms with van der Waals surface area (Å²) in [7, 11) is 0. The van der Waals surface area contributed by atoms with Crippen molar-refractivity contribution in [1.29, 1.82) is 0 Å². The van der Waals surface area contributed by atoms with Gasteiger partial charge in [-0.2, -0.15) is 0 Å². The average Bonchev–Trinajstić information content (AvgIpc) is 2.85. The molecule has 0 saturated heterocycles. The zero-order valence-corrected chi connectivity index (χ0v) is 11.1. The number of aromatic nitrogens is 1. The van der Waals surface area contributed by atoms with Gasteiger partial charge in [0.2, 0.25) is 0 Å². The topological polar surface area (TPSA) is 92.4 Å². The number of hydrogen-bond donors (Lipinski definition) is 2. The normalized spacial score (nSPS) is 13.5. The van der Waals surface area contributed by atoms with Crippen molar-refractivity contribution >= 4 is 11.9 Å². The van der Waals surface area contributed by atoms with Gasteiger partial charge >= 0.3 is 5.97 Å². The fourth-order valence-electron chi connectivity index (χ4n) is 1.83. The second-order valence-electron chi connectivity index (χ2n) is 4.55. The fourth-order valence-corrected chi connectivity index (χ4v) is 1.83. The van der Waals surface area contributed by atoms with Gasteiger partial charge in [-0.25, -0.2) is 4.79 Å². The molecule has 0 saturated carbocycles. The molecule has 0 radical (unpaired) electrons. The highest BCUT2D eigenvalue weighted by atomic mass is 16.5. The Morgan fingerprint density at radius 2 is 1.95 bits per heavy atom. The molecule has 20 heavy (non-hydrogen) atoms. The standard InChI is InChI=1S/C14H14N2O4/c1-9-11(8-15-20-9)12(17)16-14(2,13(18)19)10-6-4-3-5-7-10/h3-8H,1-2H3,(H,16,17)(H,18,19). The predicted molar refractivity (Wildman–Crippen MR) is 70.1 cm³/mol. The van der Waals surface area contributed by atoms with Crippen molar-refractivity contribution in [2.75, 3.05) is 0 Å². The summed E-state index contributed by atoms with van der Waals surface area (Å²) in [6, 6.07) is 8.50. The molecule has 0 aliphatic carbocycles. The maximum absolute atomic E-state index is 12.1. The summed E-state index contributed by atoms with van der Waals surface area (Å²) >= 11 is 0. The van der Waals surface area contributed by atoms with Gasteiger partial charge in [0.15, 0.2) is 5.54 Å². The van der Waals surface area contributed by atoms with E-state index < -0.39 is 17.4 Å². The van der Waals surface area contributed by atoms with Gasteiger partial charge in [-0.05, 0) is 19.4 Å². The third-order valence-electron chi connectivity index (χ3n) is 3.14. The van der Waals surface area contributed by atoms with Crippen LogP contribution in [0.3, 0.4) is 0 Å². The summed E-state index contributed by atoms with van der Waals surface area (Å²) in [5.41, 5.74) is -0.828. The number of aliphatic carboxylic acids is 1. The highest BCUT2D eigenvalue weighted by molar-refractivity contribution is 5.98. The molecule has 0 aliphatic heterocycles. The van der Waals surface area contributed by atoms with Crippen molar-refractivity contribution in [2.24, 2.45) is 0 Å². The second-order valence-corrected chi connectivity index (χ2v) is 4.55. The number of carbonyl (C=O) groups excluding carboxylic acids is 1. The van der Waals surface area contributed by atoms with Crippen LogP contribution < -0.4 is 5.32 Å². The van der Waals surface area contributed by atoms with E-state index in [0.717, 1.165) is 0 Å². The van der Waals surface area contributed by atoms with E-state index >= 15 is 0 Å². The minimum Gasteiger partial charge on any atom is -0.479 e. The van der Waals surface area contributed by atoms with Crippen LogP contribution in [0, 0.1) is 6.92 Å². The lowest BCUT2D eigenvalue weighted by Crippen LogP contribution is -2.49. The lowest BCUT2D eigenvalue weighted by molar-refractivity contribution is -0.144. The molecule has 2 N–H and O–H groups in total. The van der Waals surface area contributed by atoms with Crippen LogP contribution in [0.1, 0.15) is 28.6 Å². The van der Waals surface area contributed by atoms with E-state index in [1.165, 1.54) is 13.1 Å². The zero-order chi connectivity index (χ0) is 14.8. The van der Waals surface area contributed by atoms with Crippen molar-refractivity contribution in [2.45, 2.75) is 19.4 Å². The Morgan fingerprint density at radius 3 is 2.45 bits per heavy atom. The molecule has 2 rings (SSSR count). The number of carbonyl (C=O) groups is 2. The van der Waals surface area contributed by atoms with Crippen LogP contribution in [0.4, 0.5) is 0 Å². The van der Waals surface area contributed by atoms with Crippen molar-refractivity contribution in [3.63, 3.8) is 0 Å². The Balaban J connectivity index is 2.34. The molecule has 1 atom stereocenters. The van der Waals surface area contributed by atoms with Gasteiger partial charge in [-0.1, -0.05) is 35.5 Å². The molecule has 1 aromatic carbocycles. The number of benzene rings is 1. The maximum atomic E-state index is 12.1. The molecule has 0 bridgehead atoms. The smallest absolute Gasteiger partial charge is 0.333 e. The number of nitrogens with one attached hydrogen (secondary N) is 1. The van der Waals surface area contributed by atoms with E-state index in [4.69, 9.17) is 4.52 Å². The van der Waals surface area contributed by atoms with E-state index in [-0.39, 0.29) is 5.56 Å². The highest BCUT2D eigenvalue weighted by Gasteiger charge is 2.37. The van der Waals surface area contributed by atoms with Crippen molar-refractivity contribution in [3.8, 4) is 0 Å². The molecule has 104 valence electrons. The Kier molecular flexibility index (Phi) is 3.56. The fraction of sp³-hybridized carbons (Fsp3) is 0.214. The molecule has 1 unspecified atom stereocenters. The zero-order valence-electron chi connectivity index (χ0n) is 11.1. The molecule has 1 amide bonds. The van der Waals surface area contributed by atoms with Crippen LogP contribution in [0.15, 0.2) is 41.1 Å². The molecule has 0 aliphatic rings. The van der Waals surface area contributed by atoms with Crippen molar-refractivity contribution < 1.29 is 19.2 Å². The minimum atomic E-state index is -1.53. The average molecular weight is 274 g/mol. The SMILES string of the molecule is Cc1oncc1C(=O)NC(C)(C(=O)O)c1ccccc1. The van der Waals surface area contributed by atoms with Crippen LogP contribution in [0.5, 0.6) is 0 Å². The van der Waals surface area contributed by atoms with E-state index in [1.807, 2.05) is 0 Å². The minimum absolute atomic E-state index is 0.216. The van der Waals surface area contributed by atoms with Crippen molar-refractivity contribution in [3.05, 3.63) is 53.4 Å². The summed E-state index contributed by atoms with van der Waals surface area (Å²) in [5.74, 6) is -1.35. The van der Waals surface area contributed by atoms with Gasteiger partial charge in [0, 0.05) is 0 Å². The number of nitrogens with zero attached hydrogens (tertiary/aromatic N) is 1. The Hall–Kier alpha value is -2.63. The van der Waals surface area contributed by atoms with Gasteiger partial charge < -0.3 is 14.9 Å². The van der Waals surface area contributed by atoms with Crippen LogP contribution in [-0.4, -0.2) is 22.1 Å². The van der Waals surface area contributed by atoms with E-state index in [0.29, 0.717) is 11.3 Å². The summed E-state index contributed by atoms with van der Waals surface area (Å²) < 4.78 is 4.81. The van der Waals surface area contributed by atoms with Crippen molar-refractivity contribution in [1.82, 2.24) is 10.5 Å².